The molecule has 2 rings (SSSR count). The Kier molecular flexibility index (Phi) is 3.50. The fourth-order valence-corrected chi connectivity index (χ4v) is 1.34. The standard InChI is InChI=1S/C11H9F3N4O/c12-11(13,14)7-1-2-9(16-3-7)10(19)17-5-8-4-15-6-18-8/h1-4,6H,5H2,(H,15,18)(H,17,19). The molecule has 0 aliphatic rings. The Morgan fingerprint density at radius 3 is 2.63 bits per heavy atom. The zero-order valence-electron chi connectivity index (χ0n) is 9.53. The van der Waals surface area contributed by atoms with Gasteiger partial charge < -0.3 is 10.3 Å². The second kappa shape index (κ2) is 5.09. The average Bonchev–Trinajstić information content (AvgIpc) is 2.88. The van der Waals surface area contributed by atoms with Crippen LogP contribution < -0.4 is 5.32 Å². The number of halogens is 3. The van der Waals surface area contributed by atoms with Crippen molar-refractivity contribution in [3.8, 4) is 0 Å². The summed E-state index contributed by atoms with van der Waals surface area (Å²) in [5.74, 6) is -0.552. The quantitative estimate of drug-likeness (QED) is 0.892. The number of nitrogens with zero attached hydrogens (tertiary/aromatic N) is 2. The van der Waals surface area contributed by atoms with Crippen molar-refractivity contribution in [1.82, 2.24) is 20.3 Å². The van der Waals surface area contributed by atoms with E-state index in [1.54, 1.807) is 0 Å². The second-order valence-corrected chi connectivity index (χ2v) is 3.69. The van der Waals surface area contributed by atoms with Crippen LogP contribution >= 0.6 is 0 Å². The van der Waals surface area contributed by atoms with Gasteiger partial charge in [0.05, 0.1) is 24.1 Å². The summed E-state index contributed by atoms with van der Waals surface area (Å²) in [6.45, 7) is 0.196. The van der Waals surface area contributed by atoms with Crippen LogP contribution in [0.15, 0.2) is 30.9 Å². The number of aromatic nitrogens is 3. The summed E-state index contributed by atoms with van der Waals surface area (Å²) in [4.78, 5) is 21.6. The summed E-state index contributed by atoms with van der Waals surface area (Å²) in [6, 6.07) is 1.85. The minimum atomic E-state index is -4.46. The van der Waals surface area contributed by atoms with Crippen LogP contribution in [-0.2, 0) is 12.7 Å². The van der Waals surface area contributed by atoms with Gasteiger partial charge in [0.1, 0.15) is 5.69 Å². The fraction of sp³-hybridized carbons (Fsp3) is 0.182. The van der Waals surface area contributed by atoms with Crippen LogP contribution in [0, 0.1) is 0 Å². The lowest BCUT2D eigenvalue weighted by molar-refractivity contribution is -0.137. The SMILES string of the molecule is O=C(NCc1cnc[nH]1)c1ccc(C(F)(F)F)cn1. The molecule has 0 spiro atoms. The highest BCUT2D eigenvalue weighted by Gasteiger charge is 2.30. The lowest BCUT2D eigenvalue weighted by Crippen LogP contribution is -2.24. The molecule has 0 unspecified atom stereocenters. The van der Waals surface area contributed by atoms with Gasteiger partial charge in [-0.2, -0.15) is 13.2 Å². The Hall–Kier alpha value is -2.38. The van der Waals surface area contributed by atoms with E-state index in [1.165, 1.54) is 12.5 Å². The molecule has 0 aliphatic carbocycles. The molecule has 1 amide bonds. The Balaban J connectivity index is 2.00. The van der Waals surface area contributed by atoms with E-state index in [-0.39, 0.29) is 12.2 Å². The number of carbonyl (C=O) groups excluding carboxylic acids is 1. The van der Waals surface area contributed by atoms with Crippen molar-refractivity contribution in [3.05, 3.63) is 47.8 Å². The van der Waals surface area contributed by atoms with Crippen LogP contribution in [0.25, 0.3) is 0 Å². The first-order valence-electron chi connectivity index (χ1n) is 5.25. The summed E-state index contributed by atoms with van der Waals surface area (Å²) >= 11 is 0. The van der Waals surface area contributed by atoms with Crippen molar-refractivity contribution in [2.75, 3.05) is 0 Å². The van der Waals surface area contributed by atoms with Crippen LogP contribution in [0.2, 0.25) is 0 Å². The minimum absolute atomic E-state index is 0.0764. The molecule has 2 aromatic heterocycles. The molecule has 2 N–H and O–H groups in total. The molecule has 0 atom stereocenters. The van der Waals surface area contributed by atoms with Crippen LogP contribution in [0.4, 0.5) is 13.2 Å². The topological polar surface area (TPSA) is 70.7 Å². The monoisotopic (exact) mass is 270 g/mol. The maximum absolute atomic E-state index is 12.3. The fourth-order valence-electron chi connectivity index (χ4n) is 1.34. The van der Waals surface area contributed by atoms with Gasteiger partial charge >= 0.3 is 6.18 Å². The van der Waals surface area contributed by atoms with Crippen molar-refractivity contribution < 1.29 is 18.0 Å². The molecule has 0 aliphatic heterocycles. The first-order valence-corrected chi connectivity index (χ1v) is 5.25. The van der Waals surface area contributed by atoms with Crippen molar-refractivity contribution in [2.24, 2.45) is 0 Å². The molecule has 8 heteroatoms. The number of imidazole rings is 1. The molecule has 0 bridgehead atoms. The molecule has 2 aromatic rings. The van der Waals surface area contributed by atoms with Crippen molar-refractivity contribution in [1.29, 1.82) is 0 Å². The summed E-state index contributed by atoms with van der Waals surface area (Å²) in [5, 5.41) is 2.51. The number of H-pyrrole nitrogens is 1. The molecule has 100 valence electrons. The van der Waals surface area contributed by atoms with Gasteiger partial charge in [-0.05, 0) is 12.1 Å². The van der Waals surface area contributed by atoms with E-state index >= 15 is 0 Å². The van der Waals surface area contributed by atoms with Gasteiger partial charge in [-0.25, -0.2) is 4.98 Å². The van der Waals surface area contributed by atoms with Crippen LogP contribution in [-0.4, -0.2) is 20.9 Å². The van der Waals surface area contributed by atoms with Crippen LogP contribution in [0.1, 0.15) is 21.7 Å². The molecular weight excluding hydrogens is 261 g/mol. The Labute approximate surface area is 105 Å². The van der Waals surface area contributed by atoms with Crippen molar-refractivity contribution >= 4 is 5.91 Å². The lowest BCUT2D eigenvalue weighted by Gasteiger charge is -2.07. The average molecular weight is 270 g/mol. The smallest absolute Gasteiger partial charge is 0.347 e. The first-order chi connectivity index (χ1) is 8.97. The van der Waals surface area contributed by atoms with Gasteiger partial charge in [0.25, 0.3) is 5.91 Å². The zero-order chi connectivity index (χ0) is 13.9. The van der Waals surface area contributed by atoms with Gasteiger partial charge in [0.2, 0.25) is 0 Å². The number of rotatable bonds is 3. The normalized spacial score (nSPS) is 11.3. The number of amides is 1. The number of nitrogens with one attached hydrogen (secondary N) is 2. The maximum atomic E-state index is 12.3. The molecule has 0 aromatic carbocycles. The third kappa shape index (κ3) is 3.30. The zero-order valence-corrected chi connectivity index (χ0v) is 9.53. The third-order valence-electron chi connectivity index (χ3n) is 2.32. The molecule has 0 saturated heterocycles. The van der Waals surface area contributed by atoms with Gasteiger partial charge in [0, 0.05) is 12.4 Å². The highest BCUT2D eigenvalue weighted by Crippen LogP contribution is 2.28. The Morgan fingerprint density at radius 1 is 1.32 bits per heavy atom. The van der Waals surface area contributed by atoms with Crippen molar-refractivity contribution in [2.45, 2.75) is 12.7 Å². The Morgan fingerprint density at radius 2 is 2.11 bits per heavy atom. The first kappa shape index (κ1) is 13.1. The number of hydrogen-bond acceptors (Lipinski definition) is 3. The maximum Gasteiger partial charge on any atom is 0.417 e. The van der Waals surface area contributed by atoms with E-state index in [9.17, 15) is 18.0 Å². The summed E-state index contributed by atoms with van der Waals surface area (Å²) < 4.78 is 36.9. The van der Waals surface area contributed by atoms with E-state index in [0.29, 0.717) is 11.9 Å². The molecule has 0 radical (unpaired) electrons. The molecule has 2 heterocycles. The molecular formula is C11H9F3N4O. The van der Waals surface area contributed by atoms with Gasteiger partial charge in [-0.15, -0.1) is 0 Å². The van der Waals surface area contributed by atoms with Gasteiger partial charge in [-0.3, -0.25) is 9.78 Å². The van der Waals surface area contributed by atoms with E-state index < -0.39 is 17.6 Å². The van der Waals surface area contributed by atoms with Gasteiger partial charge in [-0.1, -0.05) is 0 Å². The predicted octanol–water partition coefficient (Wildman–Crippen LogP) is 1.75. The predicted molar refractivity (Wildman–Crippen MR) is 59.0 cm³/mol. The number of aromatic amines is 1. The molecule has 0 saturated carbocycles. The van der Waals surface area contributed by atoms with Crippen molar-refractivity contribution in [3.63, 3.8) is 0 Å². The highest BCUT2D eigenvalue weighted by atomic mass is 19.4. The Bertz CT molecular complexity index is 548. The van der Waals surface area contributed by atoms with Gasteiger partial charge in [0.15, 0.2) is 0 Å². The highest BCUT2D eigenvalue weighted by molar-refractivity contribution is 5.92. The summed E-state index contributed by atoms with van der Waals surface area (Å²) in [6.07, 6.45) is -0.846. The molecule has 5 nitrogen and oxygen atoms in total. The lowest BCUT2D eigenvalue weighted by atomic mass is 10.2. The number of carbonyl (C=O) groups is 1. The largest absolute Gasteiger partial charge is 0.417 e. The third-order valence-corrected chi connectivity index (χ3v) is 2.32. The number of hydrogen-bond donors (Lipinski definition) is 2. The molecule has 0 fully saturated rings. The summed E-state index contributed by atoms with van der Waals surface area (Å²) in [5.41, 5.74) is -0.287. The molecule has 19 heavy (non-hydrogen) atoms. The van der Waals surface area contributed by atoms with E-state index in [0.717, 1.165) is 12.1 Å². The van der Waals surface area contributed by atoms with Crippen LogP contribution in [0.3, 0.4) is 0 Å². The summed E-state index contributed by atoms with van der Waals surface area (Å²) in [7, 11) is 0. The van der Waals surface area contributed by atoms with E-state index in [4.69, 9.17) is 0 Å². The van der Waals surface area contributed by atoms with Crippen LogP contribution in [0.5, 0.6) is 0 Å². The second-order valence-electron chi connectivity index (χ2n) is 3.69. The minimum Gasteiger partial charge on any atom is -0.347 e. The number of pyridine rings is 1. The number of alkyl halides is 3. The van der Waals surface area contributed by atoms with E-state index in [1.807, 2.05) is 0 Å². The van der Waals surface area contributed by atoms with E-state index in [2.05, 4.69) is 20.3 Å².